The van der Waals surface area contributed by atoms with Crippen LogP contribution in [-0.4, -0.2) is 25.7 Å². The van der Waals surface area contributed by atoms with Gasteiger partial charge < -0.3 is 23.7 Å². The molecule has 1 aromatic heterocycles. The Kier molecular flexibility index (Phi) is 2.56. The van der Waals surface area contributed by atoms with Crippen molar-refractivity contribution >= 4 is 32.4 Å². The van der Waals surface area contributed by atoms with Gasteiger partial charge in [0.2, 0.25) is 13.6 Å². The van der Waals surface area contributed by atoms with Crippen LogP contribution in [-0.2, 0) is 0 Å². The molecule has 128 valence electrons. The molecular weight excluding hydrogens is 334 g/mol. The summed E-state index contributed by atoms with van der Waals surface area (Å²) in [6.45, 7) is 0.448. The molecule has 2 aliphatic heterocycles. The van der Waals surface area contributed by atoms with Gasteiger partial charge in [0.1, 0.15) is 5.75 Å². The topological polar surface area (TPSA) is 59.0 Å². The largest absolute Gasteiger partial charge is 0.496 e. The first-order valence-corrected chi connectivity index (χ1v) is 8.25. The molecule has 6 nitrogen and oxygen atoms in total. The van der Waals surface area contributed by atoms with E-state index in [0.717, 1.165) is 49.7 Å². The van der Waals surface area contributed by atoms with Crippen LogP contribution in [0, 0.1) is 0 Å². The Bertz CT molecular complexity index is 1230. The summed E-state index contributed by atoms with van der Waals surface area (Å²) >= 11 is 0. The fraction of sp³-hybridized carbons (Fsp3) is 0.150. The van der Waals surface area contributed by atoms with Gasteiger partial charge in [-0.05, 0) is 17.5 Å². The van der Waals surface area contributed by atoms with Crippen molar-refractivity contribution in [2.45, 2.75) is 0 Å². The van der Waals surface area contributed by atoms with Crippen molar-refractivity contribution < 1.29 is 23.7 Å². The first-order chi connectivity index (χ1) is 12.8. The van der Waals surface area contributed by atoms with E-state index >= 15 is 0 Å². The molecule has 4 aromatic rings. The molecule has 0 bridgehead atoms. The highest BCUT2D eigenvalue weighted by atomic mass is 16.7. The molecule has 0 spiro atoms. The summed E-state index contributed by atoms with van der Waals surface area (Å²) in [7, 11) is 1.64. The van der Waals surface area contributed by atoms with Gasteiger partial charge in [0.25, 0.3) is 0 Å². The van der Waals surface area contributed by atoms with Gasteiger partial charge in [-0.2, -0.15) is 0 Å². The lowest BCUT2D eigenvalue weighted by Crippen LogP contribution is -1.93. The number of rotatable bonds is 1. The lowest BCUT2D eigenvalue weighted by molar-refractivity contribution is 0.174. The number of hydrogen-bond acceptors (Lipinski definition) is 6. The standard InChI is InChI=1S/C20H13NO5/c1-22-14-6-17-20(26-9-25-17)18-11-3-2-10-4-15-16(24-8-23-15)5-12(10)19(11)21-7-13(14)18/h2-7H,8-9H2,1H3. The minimum atomic E-state index is 0.202. The SMILES string of the molecule is COc1cc2c(c3c1cnc1c4cc5c(cc4ccc13)OCO5)OCO2. The molecule has 0 unspecified atom stereocenters. The highest BCUT2D eigenvalue weighted by Gasteiger charge is 2.23. The maximum absolute atomic E-state index is 5.76. The molecule has 26 heavy (non-hydrogen) atoms. The summed E-state index contributed by atoms with van der Waals surface area (Å²) in [6, 6.07) is 9.92. The van der Waals surface area contributed by atoms with Gasteiger partial charge in [-0.1, -0.05) is 12.1 Å². The fourth-order valence-corrected chi connectivity index (χ4v) is 3.77. The van der Waals surface area contributed by atoms with Crippen molar-refractivity contribution in [2.75, 3.05) is 20.7 Å². The van der Waals surface area contributed by atoms with Crippen molar-refractivity contribution in [2.24, 2.45) is 0 Å². The molecule has 0 saturated carbocycles. The van der Waals surface area contributed by atoms with E-state index in [-0.39, 0.29) is 13.6 Å². The van der Waals surface area contributed by atoms with Crippen molar-refractivity contribution in [1.29, 1.82) is 0 Å². The third-order valence-corrected chi connectivity index (χ3v) is 4.96. The second-order valence-corrected chi connectivity index (χ2v) is 6.25. The smallest absolute Gasteiger partial charge is 0.231 e. The average Bonchev–Trinajstić information content (AvgIpc) is 3.33. The fourth-order valence-electron chi connectivity index (χ4n) is 3.77. The minimum absolute atomic E-state index is 0.202. The van der Waals surface area contributed by atoms with Crippen molar-refractivity contribution in [3.05, 3.63) is 36.5 Å². The molecule has 0 N–H and O–H groups in total. The number of ether oxygens (including phenoxy) is 5. The molecule has 2 aliphatic rings. The second-order valence-electron chi connectivity index (χ2n) is 6.25. The van der Waals surface area contributed by atoms with Gasteiger partial charge in [0.15, 0.2) is 23.0 Å². The summed E-state index contributed by atoms with van der Waals surface area (Å²) in [5.74, 6) is 3.63. The molecule has 0 fully saturated rings. The van der Waals surface area contributed by atoms with Gasteiger partial charge in [-0.25, -0.2) is 0 Å². The van der Waals surface area contributed by atoms with Crippen LogP contribution >= 0.6 is 0 Å². The zero-order valence-electron chi connectivity index (χ0n) is 13.9. The number of aromatic nitrogens is 1. The zero-order valence-corrected chi connectivity index (χ0v) is 13.9. The van der Waals surface area contributed by atoms with Crippen molar-refractivity contribution in [3.63, 3.8) is 0 Å². The van der Waals surface area contributed by atoms with Crippen molar-refractivity contribution in [3.8, 4) is 28.7 Å². The third-order valence-electron chi connectivity index (χ3n) is 4.96. The number of fused-ring (bicyclic) bond motifs is 8. The molecule has 6 rings (SSSR count). The van der Waals surface area contributed by atoms with Gasteiger partial charge >= 0.3 is 0 Å². The number of hydrogen-bond donors (Lipinski definition) is 0. The van der Waals surface area contributed by atoms with E-state index in [0.29, 0.717) is 11.5 Å². The Balaban J connectivity index is 1.79. The molecular formula is C20H13NO5. The van der Waals surface area contributed by atoms with E-state index in [4.69, 9.17) is 28.7 Å². The van der Waals surface area contributed by atoms with Crippen LogP contribution in [0.1, 0.15) is 0 Å². The van der Waals surface area contributed by atoms with Gasteiger partial charge in [-0.15, -0.1) is 0 Å². The number of pyridine rings is 1. The van der Waals surface area contributed by atoms with Crippen LogP contribution in [0.4, 0.5) is 0 Å². The van der Waals surface area contributed by atoms with Crippen LogP contribution in [0.15, 0.2) is 36.5 Å². The van der Waals surface area contributed by atoms with Crippen LogP contribution in [0.2, 0.25) is 0 Å². The molecule has 0 saturated heterocycles. The predicted molar refractivity (Wildman–Crippen MR) is 95.6 cm³/mol. The van der Waals surface area contributed by atoms with E-state index in [2.05, 4.69) is 12.1 Å². The minimum Gasteiger partial charge on any atom is -0.496 e. The number of methoxy groups -OCH3 is 1. The Morgan fingerprint density at radius 2 is 1.65 bits per heavy atom. The van der Waals surface area contributed by atoms with E-state index < -0.39 is 0 Å². The molecule has 3 aromatic carbocycles. The molecule has 0 atom stereocenters. The number of nitrogens with zero attached hydrogens (tertiary/aromatic N) is 1. The van der Waals surface area contributed by atoms with Crippen molar-refractivity contribution in [1.82, 2.24) is 4.98 Å². The summed E-state index contributed by atoms with van der Waals surface area (Å²) < 4.78 is 27.9. The predicted octanol–water partition coefficient (Wildman–Crippen LogP) is 4.01. The third kappa shape index (κ3) is 1.68. The summed E-state index contributed by atoms with van der Waals surface area (Å²) in [5.41, 5.74) is 0.874. The molecule has 0 aliphatic carbocycles. The molecule has 3 heterocycles. The highest BCUT2D eigenvalue weighted by Crippen LogP contribution is 2.47. The maximum atomic E-state index is 5.76. The Hall–Kier alpha value is -3.41. The second kappa shape index (κ2) is 4.82. The Labute approximate surface area is 147 Å². The van der Waals surface area contributed by atoms with E-state index in [1.807, 2.05) is 24.4 Å². The Morgan fingerprint density at radius 1 is 0.846 bits per heavy atom. The van der Waals surface area contributed by atoms with Crippen LogP contribution in [0.5, 0.6) is 28.7 Å². The summed E-state index contributed by atoms with van der Waals surface area (Å²) in [6.07, 6.45) is 1.82. The Morgan fingerprint density at radius 3 is 2.54 bits per heavy atom. The van der Waals surface area contributed by atoms with E-state index in [9.17, 15) is 0 Å². The maximum Gasteiger partial charge on any atom is 0.231 e. The lowest BCUT2D eigenvalue weighted by atomic mass is 10.00. The molecule has 6 heteroatoms. The molecule has 0 amide bonds. The first kappa shape index (κ1) is 13.8. The molecule has 0 radical (unpaired) electrons. The monoisotopic (exact) mass is 347 g/mol. The van der Waals surface area contributed by atoms with Gasteiger partial charge in [-0.3, -0.25) is 4.98 Å². The van der Waals surface area contributed by atoms with Crippen LogP contribution < -0.4 is 23.7 Å². The number of benzene rings is 3. The van der Waals surface area contributed by atoms with Gasteiger partial charge in [0, 0.05) is 33.8 Å². The van der Waals surface area contributed by atoms with Crippen LogP contribution in [0.3, 0.4) is 0 Å². The van der Waals surface area contributed by atoms with Crippen LogP contribution in [0.25, 0.3) is 32.4 Å². The van der Waals surface area contributed by atoms with Gasteiger partial charge in [0.05, 0.1) is 12.6 Å². The lowest BCUT2D eigenvalue weighted by Gasteiger charge is -2.12. The zero-order chi connectivity index (χ0) is 17.3. The summed E-state index contributed by atoms with van der Waals surface area (Å²) in [4.78, 5) is 4.72. The average molecular weight is 347 g/mol. The first-order valence-electron chi connectivity index (χ1n) is 8.25. The van der Waals surface area contributed by atoms with E-state index in [1.165, 1.54) is 0 Å². The summed E-state index contributed by atoms with van der Waals surface area (Å²) in [5, 5.41) is 4.87. The quantitative estimate of drug-likeness (QED) is 0.485. The van der Waals surface area contributed by atoms with E-state index in [1.54, 1.807) is 7.11 Å². The normalized spacial score (nSPS) is 14.5. The highest BCUT2D eigenvalue weighted by molar-refractivity contribution is 6.19.